The lowest BCUT2D eigenvalue weighted by molar-refractivity contribution is 0.0645. The van der Waals surface area contributed by atoms with Gasteiger partial charge in [-0.25, -0.2) is 14.5 Å². The van der Waals surface area contributed by atoms with Crippen LogP contribution in [-0.4, -0.2) is 73.0 Å². The maximum absolute atomic E-state index is 5.59. The van der Waals surface area contributed by atoms with Gasteiger partial charge in [-0.15, -0.1) is 0 Å². The van der Waals surface area contributed by atoms with E-state index in [0.29, 0.717) is 23.5 Å². The van der Waals surface area contributed by atoms with Crippen LogP contribution in [0.4, 0.5) is 5.00 Å². The second-order valence-corrected chi connectivity index (χ2v) is 11.5. The average Bonchev–Trinajstić information content (AvgIpc) is 3.57. The van der Waals surface area contributed by atoms with Gasteiger partial charge in [0, 0.05) is 48.5 Å². The largest absolute Gasteiger partial charge is 0.493 e. The minimum atomic E-state index is 0.253. The van der Waals surface area contributed by atoms with Gasteiger partial charge in [-0.05, 0) is 38.7 Å². The number of hydrogen-bond donors (Lipinski definition) is 1. The highest BCUT2D eigenvalue weighted by molar-refractivity contribution is 7.18. The van der Waals surface area contributed by atoms with Gasteiger partial charge in [0.05, 0.1) is 19.0 Å². The Morgan fingerprint density at radius 2 is 1.97 bits per heavy atom. The summed E-state index contributed by atoms with van der Waals surface area (Å²) in [6.45, 7) is 11.3. The Morgan fingerprint density at radius 1 is 1.14 bits per heavy atom. The molecule has 0 aromatic carbocycles. The molecule has 2 aliphatic rings. The Hall–Kier alpha value is -2.98. The fourth-order valence-electron chi connectivity index (χ4n) is 5.67. The van der Waals surface area contributed by atoms with Crippen molar-refractivity contribution >= 4 is 22.0 Å². The molecule has 5 heterocycles. The lowest BCUT2D eigenvalue weighted by Crippen LogP contribution is -2.60. The molecule has 0 radical (unpaired) electrons. The predicted octanol–water partition coefficient (Wildman–Crippen LogP) is 4.83. The van der Waals surface area contributed by atoms with E-state index in [4.69, 9.17) is 14.8 Å². The number of piperazine rings is 1. The Kier molecular flexibility index (Phi) is 5.95. The number of methoxy groups -OCH3 is 1. The van der Waals surface area contributed by atoms with E-state index in [1.807, 2.05) is 18.5 Å². The summed E-state index contributed by atoms with van der Waals surface area (Å²) in [7, 11) is 1.65. The van der Waals surface area contributed by atoms with Gasteiger partial charge >= 0.3 is 0 Å². The zero-order valence-corrected chi connectivity index (χ0v) is 22.4. The van der Waals surface area contributed by atoms with Crippen molar-refractivity contribution in [3.8, 4) is 27.7 Å². The SMILES string of the molecule is COc1cc(-c2[nH]nc(-c3ncc(N4C[C@H](C)N(C5CCC5)C[C@H]4C)s3)c2C(C)C)cn2ncnc12. The molecule has 4 aromatic rings. The smallest absolute Gasteiger partial charge is 0.197 e. The van der Waals surface area contributed by atoms with Gasteiger partial charge in [-0.2, -0.15) is 10.2 Å². The fraction of sp³-hybridized carbons (Fsp3) is 0.538. The molecule has 4 aromatic heterocycles. The Balaban J connectivity index is 1.32. The third-order valence-electron chi connectivity index (χ3n) is 7.79. The summed E-state index contributed by atoms with van der Waals surface area (Å²) in [5.41, 5.74) is 4.68. The second-order valence-electron chi connectivity index (χ2n) is 10.5. The van der Waals surface area contributed by atoms with E-state index in [9.17, 15) is 0 Å². The predicted molar refractivity (Wildman–Crippen MR) is 143 cm³/mol. The molecule has 1 saturated carbocycles. The molecule has 6 rings (SSSR count). The topological polar surface area (TPSA) is 87.5 Å². The molecule has 10 heteroatoms. The molecule has 0 unspecified atom stereocenters. The van der Waals surface area contributed by atoms with E-state index < -0.39 is 0 Å². The summed E-state index contributed by atoms with van der Waals surface area (Å²) in [6.07, 6.45) is 9.63. The summed E-state index contributed by atoms with van der Waals surface area (Å²) >= 11 is 1.74. The summed E-state index contributed by atoms with van der Waals surface area (Å²) in [4.78, 5) is 14.4. The lowest BCUT2D eigenvalue weighted by Gasteiger charge is -2.50. The minimum absolute atomic E-state index is 0.253. The maximum atomic E-state index is 5.59. The maximum Gasteiger partial charge on any atom is 0.197 e. The van der Waals surface area contributed by atoms with Crippen molar-refractivity contribution in [2.75, 3.05) is 25.1 Å². The standard InChI is InChI=1S/C26H34N8OS/c1-15(2)22-23(18-9-20(35-5)25-28-14-29-34(25)13-18)30-31-24(22)26-27-10-21(36-26)33-12-16(3)32(11-17(33)4)19-7-6-8-19/h9-10,13-17,19H,6-8,11-12H2,1-5H3,(H,30,31)/t16-,17+/m0/s1. The fourth-order valence-corrected chi connectivity index (χ4v) is 6.71. The molecule has 1 saturated heterocycles. The number of nitrogens with zero attached hydrogens (tertiary/aromatic N) is 7. The quantitative estimate of drug-likeness (QED) is 0.401. The van der Waals surface area contributed by atoms with Crippen molar-refractivity contribution in [2.45, 2.75) is 71.0 Å². The van der Waals surface area contributed by atoms with Crippen LogP contribution in [0.3, 0.4) is 0 Å². The summed E-state index contributed by atoms with van der Waals surface area (Å²) in [5, 5.41) is 14.6. The molecule has 2 fully saturated rings. The van der Waals surface area contributed by atoms with Crippen molar-refractivity contribution in [3.63, 3.8) is 0 Å². The van der Waals surface area contributed by atoms with Gasteiger partial charge in [0.25, 0.3) is 0 Å². The highest BCUT2D eigenvalue weighted by Gasteiger charge is 2.36. The van der Waals surface area contributed by atoms with Crippen LogP contribution in [0.1, 0.15) is 58.4 Å². The van der Waals surface area contributed by atoms with E-state index in [2.05, 4.69) is 52.7 Å². The van der Waals surface area contributed by atoms with Crippen LogP contribution in [0, 0.1) is 0 Å². The molecule has 0 amide bonds. The molecule has 9 nitrogen and oxygen atoms in total. The van der Waals surface area contributed by atoms with E-state index in [0.717, 1.165) is 46.7 Å². The second kappa shape index (κ2) is 9.15. The first-order valence-corrected chi connectivity index (χ1v) is 13.7. The number of aromatic nitrogens is 6. The normalized spacial score (nSPS) is 21.4. The molecule has 2 atom stereocenters. The first-order chi connectivity index (χ1) is 17.4. The molecule has 1 aliphatic heterocycles. The first kappa shape index (κ1) is 23.4. The number of ether oxygens (including phenoxy) is 1. The van der Waals surface area contributed by atoms with Crippen LogP contribution in [-0.2, 0) is 0 Å². The number of H-pyrrole nitrogens is 1. The molecule has 36 heavy (non-hydrogen) atoms. The summed E-state index contributed by atoms with van der Waals surface area (Å²) in [6, 6.07) is 3.80. The molecule has 1 aliphatic carbocycles. The third kappa shape index (κ3) is 3.87. The summed E-state index contributed by atoms with van der Waals surface area (Å²) < 4.78 is 7.33. The van der Waals surface area contributed by atoms with Crippen molar-refractivity contribution in [1.82, 2.24) is 34.7 Å². The molecule has 0 bridgehead atoms. The van der Waals surface area contributed by atoms with Gasteiger partial charge < -0.3 is 9.64 Å². The van der Waals surface area contributed by atoms with Gasteiger partial charge in [0.15, 0.2) is 11.4 Å². The van der Waals surface area contributed by atoms with Crippen molar-refractivity contribution in [2.24, 2.45) is 0 Å². The van der Waals surface area contributed by atoms with E-state index in [1.54, 1.807) is 23.0 Å². The van der Waals surface area contributed by atoms with E-state index in [-0.39, 0.29) is 5.92 Å². The van der Waals surface area contributed by atoms with Gasteiger partial charge in [0.1, 0.15) is 22.0 Å². The molecular weight excluding hydrogens is 472 g/mol. The minimum Gasteiger partial charge on any atom is -0.493 e. The molecule has 190 valence electrons. The number of fused-ring (bicyclic) bond motifs is 1. The number of hydrogen-bond acceptors (Lipinski definition) is 8. The number of pyridine rings is 1. The number of rotatable bonds is 6. The highest BCUT2D eigenvalue weighted by atomic mass is 32.1. The molecule has 1 N–H and O–H groups in total. The van der Waals surface area contributed by atoms with Crippen LogP contribution in [0.25, 0.3) is 27.6 Å². The molecule has 0 spiro atoms. The number of anilines is 1. The summed E-state index contributed by atoms with van der Waals surface area (Å²) in [5.74, 6) is 0.931. The van der Waals surface area contributed by atoms with Crippen molar-refractivity contribution < 1.29 is 4.74 Å². The zero-order chi connectivity index (χ0) is 25.0. The van der Waals surface area contributed by atoms with Gasteiger partial charge in [-0.1, -0.05) is 31.6 Å². The van der Waals surface area contributed by atoms with Crippen LogP contribution in [0.5, 0.6) is 5.75 Å². The van der Waals surface area contributed by atoms with Crippen LogP contribution in [0.2, 0.25) is 0 Å². The van der Waals surface area contributed by atoms with Gasteiger partial charge in [-0.3, -0.25) is 10.00 Å². The van der Waals surface area contributed by atoms with Crippen molar-refractivity contribution in [1.29, 1.82) is 0 Å². The monoisotopic (exact) mass is 506 g/mol. The van der Waals surface area contributed by atoms with Gasteiger partial charge in [0.2, 0.25) is 0 Å². The lowest BCUT2D eigenvalue weighted by atomic mass is 9.89. The van der Waals surface area contributed by atoms with E-state index >= 15 is 0 Å². The number of nitrogens with one attached hydrogen (secondary N) is 1. The Morgan fingerprint density at radius 3 is 2.69 bits per heavy atom. The Labute approximate surface area is 215 Å². The van der Waals surface area contributed by atoms with Crippen molar-refractivity contribution in [3.05, 3.63) is 30.4 Å². The number of aromatic amines is 1. The van der Waals surface area contributed by atoms with E-state index in [1.165, 1.54) is 30.6 Å². The van der Waals surface area contributed by atoms with Crippen LogP contribution < -0.4 is 9.64 Å². The third-order valence-corrected chi connectivity index (χ3v) is 8.83. The van der Waals surface area contributed by atoms with Crippen LogP contribution in [0.15, 0.2) is 24.8 Å². The average molecular weight is 507 g/mol. The highest BCUT2D eigenvalue weighted by Crippen LogP contribution is 2.41. The Bertz CT molecular complexity index is 1370. The first-order valence-electron chi connectivity index (χ1n) is 12.9. The zero-order valence-electron chi connectivity index (χ0n) is 21.6. The number of thiazole rings is 1. The van der Waals surface area contributed by atoms with Crippen LogP contribution >= 0.6 is 11.3 Å². The molecular formula is C26H34N8OS.